The Morgan fingerprint density at radius 3 is 0.400 bits per heavy atom. The van der Waals surface area contributed by atoms with Gasteiger partial charge in [0.25, 0.3) is 0 Å². The summed E-state index contributed by atoms with van der Waals surface area (Å²) in [5.74, 6) is 0. The van der Waals surface area contributed by atoms with Crippen LogP contribution in [0.3, 0.4) is 0 Å². The molecular weight excluding hydrogens is 376 g/mol. The summed E-state index contributed by atoms with van der Waals surface area (Å²) in [5, 5.41) is 0. The molecule has 0 rings (SSSR count). The van der Waals surface area contributed by atoms with Crippen molar-refractivity contribution >= 4 is 77.5 Å². The van der Waals surface area contributed by atoms with Crippen LogP contribution in [0.4, 0.5) is 0 Å². The van der Waals surface area contributed by atoms with Gasteiger partial charge in [-0.15, -0.1) is 0 Å². The Labute approximate surface area is 87.1 Å². The summed E-state index contributed by atoms with van der Waals surface area (Å²) in [6.45, 7) is 0. The third-order valence-corrected chi connectivity index (χ3v) is 0. The van der Waals surface area contributed by atoms with Crippen molar-refractivity contribution in [3.63, 3.8) is 0 Å². The summed E-state index contributed by atoms with van der Waals surface area (Å²) >= 11 is 0. The van der Waals surface area contributed by atoms with E-state index in [1.54, 1.807) is 0 Å². The normalized spacial score (nSPS) is 0. The van der Waals surface area contributed by atoms with Gasteiger partial charge in [0.05, 0.1) is 0 Å². The van der Waals surface area contributed by atoms with E-state index in [1.807, 2.05) is 0 Å². The van der Waals surface area contributed by atoms with Crippen LogP contribution in [-0.2, 0) is 0 Å². The molecule has 2 nitrogen and oxygen atoms in total. The summed E-state index contributed by atoms with van der Waals surface area (Å²) in [7, 11) is 0. The molecule has 4 N–H and O–H groups in total. The molecule has 0 radical (unpaired) electrons. The van der Waals surface area contributed by atoms with Crippen molar-refractivity contribution in [3.05, 3.63) is 0 Å². The van der Waals surface area contributed by atoms with Crippen LogP contribution in [0.5, 0.6) is 0 Å². The molecule has 5 heteroatoms. The van der Waals surface area contributed by atoms with Crippen LogP contribution in [0, 0.1) is 0 Å². The van der Waals surface area contributed by atoms with Crippen LogP contribution in [0.2, 0.25) is 0 Å². The summed E-state index contributed by atoms with van der Waals surface area (Å²) < 4.78 is 0. The first-order valence-electron chi connectivity index (χ1n) is 0. The van der Waals surface area contributed by atoms with Gasteiger partial charge in [0, 0.05) is 0 Å². The fourth-order valence-electron chi connectivity index (χ4n) is 0. The number of hydrogen-bond donors (Lipinski definition) is 0. The van der Waals surface area contributed by atoms with Crippen molar-refractivity contribution in [2.45, 2.75) is 0 Å². The molecule has 0 aromatic rings. The molecule has 0 aromatic heterocycles. The fourth-order valence-corrected chi connectivity index (χ4v) is 0. The van der Waals surface area contributed by atoms with Gasteiger partial charge in [-0.2, -0.15) is 0 Å². The van der Waals surface area contributed by atoms with Crippen molar-refractivity contribution in [1.29, 1.82) is 0 Å². The topological polar surface area (TPSA) is 63.0 Å². The summed E-state index contributed by atoms with van der Waals surface area (Å²) in [6.07, 6.45) is 0. The SMILES string of the molecule is O.O.[InH3].[InH3].[InH3]. The Morgan fingerprint density at radius 2 is 0.400 bits per heavy atom. The van der Waals surface area contributed by atoms with Gasteiger partial charge in [0.15, 0.2) is 0 Å². The minimum atomic E-state index is 0. The van der Waals surface area contributed by atoms with Gasteiger partial charge in [-0.1, -0.05) is 0 Å². The summed E-state index contributed by atoms with van der Waals surface area (Å²) in [4.78, 5) is 0. The van der Waals surface area contributed by atoms with Gasteiger partial charge in [0.2, 0.25) is 0 Å². The summed E-state index contributed by atoms with van der Waals surface area (Å²) in [5.41, 5.74) is 0. The minimum absolute atomic E-state index is 0. The van der Waals surface area contributed by atoms with Crippen molar-refractivity contribution in [3.8, 4) is 0 Å². The average Bonchev–Trinajstić information content (AvgIpc) is 0. The van der Waals surface area contributed by atoms with Crippen LogP contribution in [0.15, 0.2) is 0 Å². The van der Waals surface area contributed by atoms with E-state index in [4.69, 9.17) is 0 Å². The predicted octanol–water partition coefficient (Wildman–Crippen LogP) is -5.20. The van der Waals surface area contributed by atoms with Crippen LogP contribution in [0.25, 0.3) is 0 Å². The molecule has 0 saturated carbocycles. The molecule has 0 heterocycles. The van der Waals surface area contributed by atoms with Crippen LogP contribution in [0.1, 0.15) is 0 Å². The molecule has 5 heavy (non-hydrogen) atoms. The van der Waals surface area contributed by atoms with E-state index in [1.165, 1.54) is 0 Å². The van der Waals surface area contributed by atoms with Crippen molar-refractivity contribution in [2.75, 3.05) is 0 Å². The molecule has 0 atom stereocenters. The monoisotopic (exact) mass is 390 g/mol. The Bertz CT molecular complexity index is 4.85. The molecule has 0 saturated heterocycles. The van der Waals surface area contributed by atoms with Gasteiger partial charge in [-0.05, 0) is 0 Å². The van der Waals surface area contributed by atoms with Crippen molar-refractivity contribution in [2.24, 2.45) is 0 Å². The van der Waals surface area contributed by atoms with Crippen molar-refractivity contribution < 1.29 is 11.0 Å². The molecule has 0 unspecified atom stereocenters. The zero-order valence-electron chi connectivity index (χ0n) is 1.00. The first-order chi connectivity index (χ1) is 0. The molecule has 34 valence electrons. The molecule has 0 aliphatic heterocycles. The van der Waals surface area contributed by atoms with Crippen LogP contribution < -0.4 is 0 Å². The Hall–Kier alpha value is 2.53. The quantitative estimate of drug-likeness (QED) is 0.398. The zero-order valence-corrected chi connectivity index (χ0v) is 1.00. The maximum absolute atomic E-state index is 0. The van der Waals surface area contributed by atoms with Crippen molar-refractivity contribution in [1.82, 2.24) is 0 Å². The predicted molar refractivity (Wildman–Crippen MR) is 37.0 cm³/mol. The number of hydrogen-bond acceptors (Lipinski definition) is 0. The molecule has 0 bridgehead atoms. The molecule has 0 amide bonds. The first-order valence-corrected chi connectivity index (χ1v) is 0. The molecule has 0 fully saturated rings. The fraction of sp³-hybridized carbons (Fsp3) is 0. The van der Waals surface area contributed by atoms with E-state index >= 15 is 0 Å². The molecule has 0 aliphatic carbocycles. The van der Waals surface area contributed by atoms with E-state index in [0.29, 0.717) is 0 Å². The van der Waals surface area contributed by atoms with E-state index in [0.717, 1.165) is 0 Å². The Balaban J connectivity index is 0. The third-order valence-electron chi connectivity index (χ3n) is 0. The average molecular weight is 390 g/mol. The molecular formula is H13In3O2. The zero-order chi connectivity index (χ0) is 0. The second kappa shape index (κ2) is 31.2. The van der Waals surface area contributed by atoms with E-state index in [9.17, 15) is 0 Å². The molecule has 0 aromatic carbocycles. The standard InChI is InChI=1S/3In.2H2O.9H/h;;;2*1H2;;;;;;;;;. The number of rotatable bonds is 0. The maximum atomic E-state index is 0. The van der Waals surface area contributed by atoms with Crippen LogP contribution >= 0.6 is 0 Å². The van der Waals surface area contributed by atoms with Gasteiger partial charge in [-0.3, -0.25) is 0 Å². The second-order valence-corrected chi connectivity index (χ2v) is 0. The Morgan fingerprint density at radius 1 is 0.400 bits per heavy atom. The van der Waals surface area contributed by atoms with Gasteiger partial charge in [-0.25, -0.2) is 0 Å². The second-order valence-electron chi connectivity index (χ2n) is 0. The van der Waals surface area contributed by atoms with Gasteiger partial charge < -0.3 is 11.0 Å². The van der Waals surface area contributed by atoms with E-state index in [2.05, 4.69) is 0 Å². The third kappa shape index (κ3) is 20.9. The Kier molecular flexibility index (Phi) is 313. The van der Waals surface area contributed by atoms with Gasteiger partial charge >= 0.3 is 77.5 Å². The summed E-state index contributed by atoms with van der Waals surface area (Å²) in [6, 6.07) is 0. The van der Waals surface area contributed by atoms with E-state index in [-0.39, 0.29) is 88.5 Å². The van der Waals surface area contributed by atoms with E-state index < -0.39 is 0 Å². The molecule has 0 aliphatic rings. The van der Waals surface area contributed by atoms with Gasteiger partial charge in [0.1, 0.15) is 0 Å². The van der Waals surface area contributed by atoms with Crippen LogP contribution in [-0.4, -0.2) is 88.5 Å². The first kappa shape index (κ1) is 50.2. The molecule has 0 spiro atoms.